The van der Waals surface area contributed by atoms with E-state index in [0.717, 1.165) is 0 Å². The average molecular weight is 156 g/mol. The Morgan fingerprint density at radius 1 is 1.30 bits per heavy atom. The highest BCUT2D eigenvalue weighted by molar-refractivity contribution is 5.49. The molecule has 62 valence electrons. The van der Waals surface area contributed by atoms with Gasteiger partial charge in [0.1, 0.15) is 6.29 Å². The lowest BCUT2D eigenvalue weighted by Crippen LogP contribution is -2.06. The van der Waals surface area contributed by atoms with E-state index in [0.29, 0.717) is 0 Å². The van der Waals surface area contributed by atoms with E-state index in [1.807, 2.05) is 13.8 Å². The summed E-state index contributed by atoms with van der Waals surface area (Å²) in [5, 5.41) is 0. The first-order valence-corrected chi connectivity index (χ1v) is 3.06. The van der Waals surface area contributed by atoms with Gasteiger partial charge in [-0.2, -0.15) is 13.2 Å². The van der Waals surface area contributed by atoms with Crippen molar-refractivity contribution in [1.29, 1.82) is 0 Å². The first-order chi connectivity index (χ1) is 4.56. The van der Waals surface area contributed by atoms with E-state index in [9.17, 15) is 18.0 Å². The Labute approximate surface area is 58.2 Å². The summed E-state index contributed by atoms with van der Waals surface area (Å²) in [7, 11) is 0. The van der Waals surface area contributed by atoms with E-state index in [-0.39, 0.29) is 6.29 Å². The van der Waals surface area contributed by atoms with Gasteiger partial charge < -0.3 is 4.79 Å². The van der Waals surface area contributed by atoms with E-state index in [1.54, 1.807) is 0 Å². The summed E-state index contributed by atoms with van der Waals surface area (Å²) >= 11 is 0. The normalized spacial score (nSPS) is 9.70. The molecule has 0 heterocycles. The number of halogens is 3. The Kier molecular flexibility index (Phi) is 8.00. The van der Waals surface area contributed by atoms with E-state index >= 15 is 0 Å². The van der Waals surface area contributed by atoms with Gasteiger partial charge >= 0.3 is 6.18 Å². The molecule has 0 amide bonds. The lowest BCUT2D eigenvalue weighted by atomic mass is 10.3. The minimum atomic E-state index is -4.18. The van der Waals surface area contributed by atoms with Crippen molar-refractivity contribution in [3.8, 4) is 0 Å². The zero-order valence-corrected chi connectivity index (χ0v) is 6.03. The first-order valence-electron chi connectivity index (χ1n) is 3.06. The van der Waals surface area contributed by atoms with E-state index in [2.05, 4.69) is 0 Å². The van der Waals surface area contributed by atoms with Crippen LogP contribution in [-0.2, 0) is 4.79 Å². The second-order valence-corrected chi connectivity index (χ2v) is 1.32. The molecule has 0 bridgehead atoms. The van der Waals surface area contributed by atoms with Crippen LogP contribution >= 0.6 is 0 Å². The molecule has 10 heavy (non-hydrogen) atoms. The summed E-state index contributed by atoms with van der Waals surface area (Å²) in [6, 6.07) is 0. The van der Waals surface area contributed by atoms with Crippen molar-refractivity contribution in [3.63, 3.8) is 0 Å². The van der Waals surface area contributed by atoms with Gasteiger partial charge in [0, 0.05) is 6.42 Å². The molecule has 0 aliphatic rings. The molecular weight excluding hydrogens is 145 g/mol. The van der Waals surface area contributed by atoms with Gasteiger partial charge in [-0.15, -0.1) is 0 Å². The monoisotopic (exact) mass is 156 g/mol. The maximum Gasteiger partial charge on any atom is 0.389 e. The van der Waals surface area contributed by atoms with E-state index in [4.69, 9.17) is 0 Å². The molecule has 0 atom stereocenters. The molecule has 0 N–H and O–H groups in total. The predicted molar refractivity (Wildman–Crippen MR) is 32.7 cm³/mol. The number of aldehydes is 1. The Hall–Kier alpha value is -0.540. The quantitative estimate of drug-likeness (QED) is 0.561. The molecular formula is C6H11F3O. The summed E-state index contributed by atoms with van der Waals surface area (Å²) < 4.78 is 33.3. The smallest absolute Gasteiger partial charge is 0.303 e. The van der Waals surface area contributed by atoms with Crippen molar-refractivity contribution in [2.45, 2.75) is 32.9 Å². The molecule has 0 fully saturated rings. The highest BCUT2D eigenvalue weighted by Gasteiger charge is 2.25. The van der Waals surface area contributed by atoms with Crippen LogP contribution in [0.25, 0.3) is 0 Å². The fraction of sp³-hybridized carbons (Fsp3) is 0.833. The zero-order valence-electron chi connectivity index (χ0n) is 6.03. The third-order valence-electron chi connectivity index (χ3n) is 0.546. The van der Waals surface area contributed by atoms with Gasteiger partial charge in [0.2, 0.25) is 0 Å². The van der Waals surface area contributed by atoms with E-state index < -0.39 is 19.0 Å². The minimum Gasteiger partial charge on any atom is -0.303 e. The van der Waals surface area contributed by atoms with Crippen molar-refractivity contribution in [2.75, 3.05) is 0 Å². The molecule has 0 unspecified atom stereocenters. The third kappa shape index (κ3) is 15.7. The molecule has 0 aromatic rings. The van der Waals surface area contributed by atoms with Crippen LogP contribution in [0, 0.1) is 0 Å². The number of hydrogen-bond donors (Lipinski definition) is 0. The van der Waals surface area contributed by atoms with Crippen molar-refractivity contribution in [2.24, 2.45) is 0 Å². The van der Waals surface area contributed by atoms with Crippen LogP contribution in [0.3, 0.4) is 0 Å². The minimum absolute atomic E-state index is 0.257. The van der Waals surface area contributed by atoms with E-state index in [1.165, 1.54) is 0 Å². The molecule has 0 rings (SSSR count). The molecule has 1 nitrogen and oxygen atoms in total. The van der Waals surface area contributed by atoms with Crippen LogP contribution < -0.4 is 0 Å². The molecule has 0 aromatic heterocycles. The van der Waals surface area contributed by atoms with Gasteiger partial charge in [-0.3, -0.25) is 0 Å². The lowest BCUT2D eigenvalue weighted by Gasteiger charge is -1.99. The van der Waals surface area contributed by atoms with Crippen molar-refractivity contribution in [3.05, 3.63) is 0 Å². The highest BCUT2D eigenvalue weighted by atomic mass is 19.4. The van der Waals surface area contributed by atoms with Gasteiger partial charge in [0.15, 0.2) is 0 Å². The summed E-state index contributed by atoms with van der Waals surface area (Å²) in [4.78, 5) is 9.35. The zero-order chi connectivity index (χ0) is 8.62. The van der Waals surface area contributed by atoms with Crippen molar-refractivity contribution >= 4 is 6.29 Å². The number of alkyl halides is 3. The topological polar surface area (TPSA) is 17.1 Å². The maximum atomic E-state index is 11.1. The Morgan fingerprint density at radius 3 is 1.80 bits per heavy atom. The summed E-state index contributed by atoms with van der Waals surface area (Å²) in [5.41, 5.74) is 0. The summed E-state index contributed by atoms with van der Waals surface area (Å²) in [6.45, 7) is 4.00. The van der Waals surface area contributed by atoms with Gasteiger partial charge in [-0.05, 0) is 0 Å². The SMILES string of the molecule is CC.O=CCCC(F)(F)F. The van der Waals surface area contributed by atoms with Crippen LogP contribution in [0.1, 0.15) is 26.7 Å². The molecule has 0 aliphatic carbocycles. The molecule has 4 heteroatoms. The maximum absolute atomic E-state index is 11.1. The summed E-state index contributed by atoms with van der Waals surface area (Å²) in [5.74, 6) is 0. The molecule has 0 aromatic carbocycles. The number of rotatable bonds is 2. The lowest BCUT2D eigenvalue weighted by molar-refractivity contribution is -0.139. The highest BCUT2D eigenvalue weighted by Crippen LogP contribution is 2.19. The standard InChI is InChI=1S/C4H5F3O.C2H6/c5-4(6,7)2-1-3-8;1-2/h3H,1-2H2;1-2H3. The molecule has 0 aliphatic heterocycles. The number of hydrogen-bond acceptors (Lipinski definition) is 1. The van der Waals surface area contributed by atoms with Gasteiger partial charge in [0.25, 0.3) is 0 Å². The Morgan fingerprint density at radius 2 is 1.70 bits per heavy atom. The van der Waals surface area contributed by atoms with Crippen molar-refractivity contribution < 1.29 is 18.0 Å². The fourth-order valence-electron chi connectivity index (χ4n) is 0.223. The summed E-state index contributed by atoms with van der Waals surface area (Å²) in [6.07, 6.45) is -5.35. The van der Waals surface area contributed by atoms with Crippen LogP contribution in [0.15, 0.2) is 0 Å². The van der Waals surface area contributed by atoms with Crippen LogP contribution in [0.2, 0.25) is 0 Å². The fourth-order valence-corrected chi connectivity index (χ4v) is 0.223. The molecule has 0 radical (unpaired) electrons. The van der Waals surface area contributed by atoms with Crippen molar-refractivity contribution in [1.82, 2.24) is 0 Å². The Bertz CT molecular complexity index is 77.6. The second-order valence-electron chi connectivity index (χ2n) is 1.32. The predicted octanol–water partition coefficient (Wildman–Crippen LogP) is 2.55. The van der Waals surface area contributed by atoms with Crippen LogP contribution in [0.5, 0.6) is 0 Å². The third-order valence-corrected chi connectivity index (χ3v) is 0.546. The first kappa shape index (κ1) is 12.2. The van der Waals surface area contributed by atoms with Crippen LogP contribution in [0.4, 0.5) is 13.2 Å². The molecule has 0 saturated heterocycles. The Balaban J connectivity index is 0. The largest absolute Gasteiger partial charge is 0.389 e. The average Bonchev–Trinajstić information content (AvgIpc) is 1.87. The van der Waals surface area contributed by atoms with Gasteiger partial charge in [0.05, 0.1) is 6.42 Å². The van der Waals surface area contributed by atoms with Gasteiger partial charge in [-0.1, -0.05) is 13.8 Å². The number of carbonyl (C=O) groups is 1. The second kappa shape index (κ2) is 6.58. The molecule has 0 saturated carbocycles. The molecule has 0 spiro atoms. The van der Waals surface area contributed by atoms with Crippen LogP contribution in [-0.4, -0.2) is 12.5 Å². The number of carbonyl (C=O) groups excluding carboxylic acids is 1. The van der Waals surface area contributed by atoms with Gasteiger partial charge in [-0.25, -0.2) is 0 Å².